The predicted molar refractivity (Wildman–Crippen MR) is 118 cm³/mol. The number of anilines is 1. The molecule has 0 spiro atoms. The maximum absolute atomic E-state index is 12.3. The van der Waals surface area contributed by atoms with E-state index in [0.29, 0.717) is 23.3 Å². The van der Waals surface area contributed by atoms with Crippen molar-refractivity contribution in [1.82, 2.24) is 15.2 Å². The molecule has 152 valence electrons. The van der Waals surface area contributed by atoms with Crippen LogP contribution < -0.4 is 5.32 Å². The number of nitrogens with one attached hydrogen (secondary N) is 1. The number of benzene rings is 2. The third-order valence-corrected chi connectivity index (χ3v) is 5.50. The lowest BCUT2D eigenvalue weighted by molar-refractivity contribution is -0.116. The second-order valence-electron chi connectivity index (χ2n) is 7.00. The summed E-state index contributed by atoms with van der Waals surface area (Å²) in [7, 11) is 0. The second-order valence-corrected chi connectivity index (χ2v) is 7.86. The number of carbonyl (C=O) groups excluding carboxylic acids is 1. The van der Waals surface area contributed by atoms with Gasteiger partial charge in [-0.15, -0.1) is 21.5 Å². The van der Waals surface area contributed by atoms with Crippen LogP contribution in [0.3, 0.4) is 0 Å². The molecule has 2 aromatic carbocycles. The number of amides is 1. The van der Waals surface area contributed by atoms with E-state index in [4.69, 9.17) is 4.42 Å². The largest absolute Gasteiger partial charge is 0.421 e. The van der Waals surface area contributed by atoms with Crippen LogP contribution in [0.2, 0.25) is 0 Å². The SMILES string of the molecule is CCc1ccc(-c2csc(NC(=O)CCc3nnc(-c4ccc(C)cc4)o3)n2)cc1. The van der Waals surface area contributed by atoms with E-state index in [9.17, 15) is 4.79 Å². The van der Waals surface area contributed by atoms with E-state index in [0.717, 1.165) is 23.2 Å². The molecule has 0 saturated heterocycles. The highest BCUT2D eigenvalue weighted by atomic mass is 32.1. The number of thiazole rings is 1. The summed E-state index contributed by atoms with van der Waals surface area (Å²) in [5.74, 6) is 0.771. The van der Waals surface area contributed by atoms with E-state index in [1.165, 1.54) is 22.5 Å². The van der Waals surface area contributed by atoms with E-state index in [1.54, 1.807) is 0 Å². The molecule has 0 bridgehead atoms. The van der Waals surface area contributed by atoms with Crippen molar-refractivity contribution in [1.29, 1.82) is 0 Å². The number of carbonyl (C=O) groups is 1. The summed E-state index contributed by atoms with van der Waals surface area (Å²) in [4.78, 5) is 16.8. The van der Waals surface area contributed by atoms with Gasteiger partial charge in [0.1, 0.15) is 0 Å². The average Bonchev–Trinajstić information content (AvgIpc) is 3.43. The fourth-order valence-electron chi connectivity index (χ4n) is 2.94. The maximum atomic E-state index is 12.3. The second kappa shape index (κ2) is 9.00. The molecule has 1 N–H and O–H groups in total. The van der Waals surface area contributed by atoms with Crippen LogP contribution in [-0.2, 0) is 17.6 Å². The van der Waals surface area contributed by atoms with Crippen molar-refractivity contribution in [2.45, 2.75) is 33.1 Å². The molecule has 4 rings (SSSR count). The van der Waals surface area contributed by atoms with Gasteiger partial charge in [0.15, 0.2) is 5.13 Å². The normalized spacial score (nSPS) is 10.9. The van der Waals surface area contributed by atoms with Gasteiger partial charge in [-0.05, 0) is 31.0 Å². The number of nitrogens with zero attached hydrogens (tertiary/aromatic N) is 3. The average molecular weight is 419 g/mol. The Labute approximate surface area is 179 Å². The molecule has 1 amide bonds. The van der Waals surface area contributed by atoms with Crippen LogP contribution in [0, 0.1) is 6.92 Å². The van der Waals surface area contributed by atoms with Crippen molar-refractivity contribution < 1.29 is 9.21 Å². The zero-order chi connectivity index (χ0) is 20.9. The first-order valence-corrected chi connectivity index (χ1v) is 10.7. The van der Waals surface area contributed by atoms with Crippen molar-refractivity contribution in [2.75, 3.05) is 5.32 Å². The molecule has 0 atom stereocenters. The van der Waals surface area contributed by atoms with E-state index in [-0.39, 0.29) is 12.3 Å². The zero-order valence-corrected chi connectivity index (χ0v) is 17.7. The van der Waals surface area contributed by atoms with E-state index >= 15 is 0 Å². The molecule has 0 radical (unpaired) electrons. The van der Waals surface area contributed by atoms with Crippen LogP contribution in [-0.4, -0.2) is 21.1 Å². The molecule has 0 unspecified atom stereocenters. The van der Waals surface area contributed by atoms with Gasteiger partial charge in [-0.25, -0.2) is 4.98 Å². The first-order valence-electron chi connectivity index (χ1n) is 9.85. The quantitative estimate of drug-likeness (QED) is 0.440. The van der Waals surface area contributed by atoms with Gasteiger partial charge in [-0.1, -0.05) is 48.9 Å². The van der Waals surface area contributed by atoms with E-state index < -0.39 is 0 Å². The summed E-state index contributed by atoms with van der Waals surface area (Å²) in [6, 6.07) is 16.2. The van der Waals surface area contributed by atoms with Gasteiger partial charge < -0.3 is 9.73 Å². The minimum absolute atomic E-state index is 0.132. The Hall–Kier alpha value is -3.32. The fraction of sp³-hybridized carbons (Fsp3) is 0.217. The number of hydrogen-bond acceptors (Lipinski definition) is 6. The van der Waals surface area contributed by atoms with Gasteiger partial charge in [0.25, 0.3) is 0 Å². The molecule has 2 heterocycles. The highest BCUT2D eigenvalue weighted by Gasteiger charge is 2.12. The Kier molecular flexibility index (Phi) is 5.99. The number of rotatable bonds is 7. The molecule has 0 fully saturated rings. The summed E-state index contributed by atoms with van der Waals surface area (Å²) in [6.07, 6.45) is 1.63. The molecule has 30 heavy (non-hydrogen) atoms. The van der Waals surface area contributed by atoms with Crippen LogP contribution in [0.25, 0.3) is 22.7 Å². The highest BCUT2D eigenvalue weighted by Crippen LogP contribution is 2.25. The lowest BCUT2D eigenvalue weighted by atomic mass is 10.1. The molecule has 0 saturated carbocycles. The Balaban J connectivity index is 1.32. The Morgan fingerprint density at radius 2 is 1.77 bits per heavy atom. The van der Waals surface area contributed by atoms with E-state index in [1.807, 2.05) is 36.6 Å². The topological polar surface area (TPSA) is 80.9 Å². The predicted octanol–water partition coefficient (Wildman–Crippen LogP) is 5.30. The molecule has 0 aliphatic rings. The Bertz CT molecular complexity index is 1130. The van der Waals surface area contributed by atoms with Gasteiger partial charge >= 0.3 is 0 Å². The van der Waals surface area contributed by atoms with Crippen LogP contribution in [0.15, 0.2) is 58.3 Å². The first kappa shape index (κ1) is 20.0. The maximum Gasteiger partial charge on any atom is 0.247 e. The number of hydrogen-bond donors (Lipinski definition) is 1. The smallest absolute Gasteiger partial charge is 0.247 e. The molecule has 7 heteroatoms. The first-order chi connectivity index (χ1) is 14.6. The molecule has 2 aromatic heterocycles. The number of aryl methyl sites for hydroxylation is 3. The van der Waals surface area contributed by atoms with Crippen LogP contribution in [0.4, 0.5) is 5.13 Å². The summed E-state index contributed by atoms with van der Waals surface area (Å²) in [6.45, 7) is 4.15. The molecule has 0 aliphatic heterocycles. The summed E-state index contributed by atoms with van der Waals surface area (Å²) in [5, 5.41) is 13.5. The van der Waals surface area contributed by atoms with Crippen molar-refractivity contribution >= 4 is 22.4 Å². The monoisotopic (exact) mass is 418 g/mol. The van der Waals surface area contributed by atoms with Crippen LogP contribution in [0.5, 0.6) is 0 Å². The van der Waals surface area contributed by atoms with Gasteiger partial charge in [0, 0.05) is 29.3 Å². The third kappa shape index (κ3) is 4.80. The lowest BCUT2D eigenvalue weighted by Gasteiger charge is -2.01. The lowest BCUT2D eigenvalue weighted by Crippen LogP contribution is -2.12. The number of aromatic nitrogens is 3. The van der Waals surface area contributed by atoms with E-state index in [2.05, 4.69) is 51.7 Å². The fourth-order valence-corrected chi connectivity index (χ4v) is 3.68. The Morgan fingerprint density at radius 3 is 2.50 bits per heavy atom. The molecular weight excluding hydrogens is 396 g/mol. The summed E-state index contributed by atoms with van der Waals surface area (Å²) in [5.41, 5.74) is 5.22. The van der Waals surface area contributed by atoms with Gasteiger partial charge in [0.05, 0.1) is 5.69 Å². The van der Waals surface area contributed by atoms with Crippen molar-refractivity contribution in [3.8, 4) is 22.7 Å². The minimum Gasteiger partial charge on any atom is -0.421 e. The van der Waals surface area contributed by atoms with Crippen molar-refractivity contribution in [3.63, 3.8) is 0 Å². The van der Waals surface area contributed by atoms with Gasteiger partial charge in [-0.3, -0.25) is 4.79 Å². The standard InChI is InChI=1S/C23H22N4O2S/c1-3-16-6-10-17(11-7-16)19-14-30-23(24-19)25-20(28)12-13-21-26-27-22(29-21)18-8-4-15(2)5-9-18/h4-11,14H,3,12-13H2,1-2H3,(H,24,25,28). The summed E-state index contributed by atoms with van der Waals surface area (Å²) < 4.78 is 5.68. The summed E-state index contributed by atoms with van der Waals surface area (Å²) >= 11 is 1.41. The Morgan fingerprint density at radius 1 is 1.03 bits per heavy atom. The molecular formula is C23H22N4O2S. The van der Waals surface area contributed by atoms with Gasteiger partial charge in [-0.2, -0.15) is 0 Å². The minimum atomic E-state index is -0.132. The van der Waals surface area contributed by atoms with Crippen LogP contribution >= 0.6 is 11.3 Å². The van der Waals surface area contributed by atoms with Crippen LogP contribution in [0.1, 0.15) is 30.4 Å². The molecule has 0 aliphatic carbocycles. The zero-order valence-electron chi connectivity index (χ0n) is 16.9. The highest BCUT2D eigenvalue weighted by molar-refractivity contribution is 7.14. The third-order valence-electron chi connectivity index (χ3n) is 4.74. The van der Waals surface area contributed by atoms with Crippen molar-refractivity contribution in [3.05, 3.63) is 70.9 Å². The molecule has 6 nitrogen and oxygen atoms in total. The van der Waals surface area contributed by atoms with Gasteiger partial charge in [0.2, 0.25) is 17.7 Å². The molecule has 4 aromatic rings. The van der Waals surface area contributed by atoms with Crippen molar-refractivity contribution in [2.24, 2.45) is 0 Å².